The number of ether oxygens (including phenoxy) is 1. The second-order valence-electron chi connectivity index (χ2n) is 8.23. The van der Waals surface area contributed by atoms with Crippen molar-refractivity contribution in [3.63, 3.8) is 0 Å². The van der Waals surface area contributed by atoms with E-state index in [4.69, 9.17) is 4.74 Å². The van der Waals surface area contributed by atoms with Gasteiger partial charge in [0.2, 0.25) is 11.8 Å². The molecule has 2 aromatic heterocycles. The van der Waals surface area contributed by atoms with Crippen molar-refractivity contribution in [2.45, 2.75) is 38.6 Å². The Balaban J connectivity index is 1.22. The van der Waals surface area contributed by atoms with E-state index >= 15 is 0 Å². The molecular weight excluding hydrogens is 361 g/mol. The van der Waals surface area contributed by atoms with Gasteiger partial charge in [-0.05, 0) is 37.8 Å². The molecule has 28 heavy (non-hydrogen) atoms. The first-order valence-corrected chi connectivity index (χ1v) is 9.37. The third-order valence-electron chi connectivity index (χ3n) is 6.03. The largest absolute Gasteiger partial charge is 0.476 e. The van der Waals surface area contributed by atoms with Gasteiger partial charge in [0.25, 0.3) is 0 Å². The van der Waals surface area contributed by atoms with Crippen LogP contribution in [-0.4, -0.2) is 38.7 Å². The topological polar surface area (TPSA) is 80.6 Å². The average molecular weight is 381 g/mol. The zero-order valence-electron chi connectivity index (χ0n) is 15.5. The molecule has 144 valence electrons. The standard InChI is InChI=1S/C20H20FN5O2/c1-13-5-24-17(8-23-13)28-12-19-9-20(10-19,11-19)18(27)26-16(2-3-25-26)14-4-15(21)7-22-6-14/h3-8,16H,2,9-12H2,1H3. The van der Waals surface area contributed by atoms with Crippen molar-refractivity contribution in [1.82, 2.24) is 20.0 Å². The van der Waals surface area contributed by atoms with Crippen molar-refractivity contribution in [2.75, 3.05) is 6.61 Å². The van der Waals surface area contributed by atoms with E-state index in [1.165, 1.54) is 11.1 Å². The summed E-state index contributed by atoms with van der Waals surface area (Å²) in [6.07, 6.45) is 10.7. The monoisotopic (exact) mass is 381 g/mol. The summed E-state index contributed by atoms with van der Waals surface area (Å²) in [5.41, 5.74) is 1.20. The molecule has 0 spiro atoms. The van der Waals surface area contributed by atoms with Crippen LogP contribution >= 0.6 is 0 Å². The van der Waals surface area contributed by atoms with Crippen LogP contribution in [0, 0.1) is 23.6 Å². The van der Waals surface area contributed by atoms with Gasteiger partial charge in [-0.15, -0.1) is 0 Å². The molecule has 0 radical (unpaired) electrons. The fourth-order valence-corrected chi connectivity index (χ4v) is 4.80. The van der Waals surface area contributed by atoms with Crippen LogP contribution in [0.2, 0.25) is 0 Å². The van der Waals surface area contributed by atoms with Crippen molar-refractivity contribution >= 4 is 12.1 Å². The van der Waals surface area contributed by atoms with E-state index in [1.54, 1.807) is 24.8 Å². The van der Waals surface area contributed by atoms with Gasteiger partial charge < -0.3 is 4.74 Å². The zero-order chi connectivity index (χ0) is 19.4. The van der Waals surface area contributed by atoms with Crippen LogP contribution in [-0.2, 0) is 4.79 Å². The van der Waals surface area contributed by atoms with Crippen LogP contribution in [0.15, 0.2) is 36.0 Å². The number of hydrogen-bond donors (Lipinski definition) is 0. The highest BCUT2D eigenvalue weighted by Gasteiger charge is 2.73. The summed E-state index contributed by atoms with van der Waals surface area (Å²) < 4.78 is 19.3. The highest BCUT2D eigenvalue weighted by Crippen LogP contribution is 2.74. The van der Waals surface area contributed by atoms with Crippen molar-refractivity contribution < 1.29 is 13.9 Å². The molecule has 3 heterocycles. The second kappa shape index (κ2) is 6.05. The Morgan fingerprint density at radius 1 is 1.25 bits per heavy atom. The molecule has 7 nitrogen and oxygen atoms in total. The van der Waals surface area contributed by atoms with Gasteiger partial charge in [0.05, 0.1) is 42.3 Å². The van der Waals surface area contributed by atoms with E-state index in [0.717, 1.165) is 31.2 Å². The minimum absolute atomic E-state index is 0.0208. The number of hydrazone groups is 1. The van der Waals surface area contributed by atoms with Crippen molar-refractivity contribution in [2.24, 2.45) is 15.9 Å². The molecule has 3 fully saturated rings. The van der Waals surface area contributed by atoms with Crippen LogP contribution in [0.4, 0.5) is 4.39 Å². The van der Waals surface area contributed by atoms with Crippen molar-refractivity contribution in [1.29, 1.82) is 0 Å². The third-order valence-corrected chi connectivity index (χ3v) is 6.03. The van der Waals surface area contributed by atoms with Crippen molar-refractivity contribution in [3.8, 4) is 5.88 Å². The molecule has 3 saturated carbocycles. The molecule has 0 N–H and O–H groups in total. The lowest BCUT2D eigenvalue weighted by atomic mass is 9.35. The molecule has 2 bridgehead atoms. The number of rotatable bonds is 5. The SMILES string of the molecule is Cc1cnc(OCC23CC(C(=O)N4N=CCC4c4cncc(F)c4)(C2)C3)cn1. The average Bonchev–Trinajstić information content (AvgIpc) is 3.10. The van der Waals surface area contributed by atoms with Gasteiger partial charge in [0.1, 0.15) is 5.82 Å². The van der Waals surface area contributed by atoms with Crippen LogP contribution < -0.4 is 4.74 Å². The Labute approximate surface area is 161 Å². The predicted molar refractivity (Wildman–Crippen MR) is 97.9 cm³/mol. The molecule has 1 aliphatic heterocycles. The summed E-state index contributed by atoms with van der Waals surface area (Å²) in [6.45, 7) is 2.42. The number of nitrogens with zero attached hydrogens (tertiary/aromatic N) is 5. The summed E-state index contributed by atoms with van der Waals surface area (Å²) >= 11 is 0. The maximum Gasteiger partial charge on any atom is 0.249 e. The number of carbonyl (C=O) groups is 1. The zero-order valence-corrected chi connectivity index (χ0v) is 15.5. The van der Waals surface area contributed by atoms with Gasteiger partial charge in [0, 0.05) is 24.2 Å². The van der Waals surface area contributed by atoms with E-state index < -0.39 is 5.82 Å². The summed E-state index contributed by atoms with van der Waals surface area (Å²) in [7, 11) is 0. The number of aryl methyl sites for hydroxylation is 1. The van der Waals surface area contributed by atoms with Gasteiger partial charge in [-0.3, -0.25) is 14.8 Å². The normalized spacial score (nSPS) is 29.9. The number of hydrogen-bond acceptors (Lipinski definition) is 6. The summed E-state index contributed by atoms with van der Waals surface area (Å²) in [5, 5.41) is 5.80. The summed E-state index contributed by atoms with van der Waals surface area (Å²) in [4.78, 5) is 25.4. The number of aromatic nitrogens is 3. The lowest BCUT2D eigenvalue weighted by molar-refractivity contribution is -0.227. The first-order chi connectivity index (χ1) is 13.5. The second-order valence-corrected chi connectivity index (χ2v) is 8.23. The number of amides is 1. The fourth-order valence-electron chi connectivity index (χ4n) is 4.80. The minimum Gasteiger partial charge on any atom is -0.476 e. The van der Waals surface area contributed by atoms with Gasteiger partial charge in [-0.1, -0.05) is 0 Å². The quantitative estimate of drug-likeness (QED) is 0.796. The number of halogens is 1. The van der Waals surface area contributed by atoms with Gasteiger partial charge in [-0.2, -0.15) is 5.10 Å². The van der Waals surface area contributed by atoms with Crippen LogP contribution in [0.5, 0.6) is 5.88 Å². The van der Waals surface area contributed by atoms with Crippen LogP contribution in [0.1, 0.15) is 43.0 Å². The van der Waals surface area contributed by atoms with Crippen molar-refractivity contribution in [3.05, 3.63) is 47.9 Å². The molecule has 0 saturated heterocycles. The lowest BCUT2D eigenvalue weighted by Gasteiger charge is -2.69. The Kier molecular flexibility index (Phi) is 3.72. The van der Waals surface area contributed by atoms with Crippen LogP contribution in [0.3, 0.4) is 0 Å². The smallest absolute Gasteiger partial charge is 0.249 e. The Hall–Kier alpha value is -2.90. The maximum absolute atomic E-state index is 13.5. The summed E-state index contributed by atoms with van der Waals surface area (Å²) in [6, 6.07) is 1.15. The van der Waals surface area contributed by atoms with Crippen LogP contribution in [0.25, 0.3) is 0 Å². The van der Waals surface area contributed by atoms with Gasteiger partial charge >= 0.3 is 0 Å². The highest BCUT2D eigenvalue weighted by molar-refractivity contribution is 5.88. The van der Waals surface area contributed by atoms with E-state index in [0.29, 0.717) is 24.5 Å². The molecule has 1 atom stereocenters. The molecular formula is C20H20FN5O2. The van der Waals surface area contributed by atoms with E-state index in [-0.39, 0.29) is 22.8 Å². The highest BCUT2D eigenvalue weighted by atomic mass is 19.1. The Morgan fingerprint density at radius 3 is 2.79 bits per heavy atom. The van der Waals surface area contributed by atoms with E-state index in [9.17, 15) is 9.18 Å². The predicted octanol–water partition coefficient (Wildman–Crippen LogP) is 2.83. The molecule has 8 heteroatoms. The number of carbonyl (C=O) groups excluding carboxylic acids is 1. The fraction of sp³-hybridized carbons (Fsp3) is 0.450. The molecule has 3 aliphatic carbocycles. The van der Waals surface area contributed by atoms with E-state index in [1.807, 2.05) is 6.92 Å². The first-order valence-electron chi connectivity index (χ1n) is 9.37. The maximum atomic E-state index is 13.5. The van der Waals surface area contributed by atoms with E-state index in [2.05, 4.69) is 20.1 Å². The molecule has 1 amide bonds. The molecule has 0 aromatic carbocycles. The third kappa shape index (κ3) is 2.66. The molecule has 6 rings (SSSR count). The first kappa shape index (κ1) is 17.2. The summed E-state index contributed by atoms with van der Waals surface area (Å²) in [5.74, 6) is 0.128. The lowest BCUT2D eigenvalue weighted by Crippen LogP contribution is -2.69. The van der Waals surface area contributed by atoms with Gasteiger partial charge in [-0.25, -0.2) is 14.4 Å². The molecule has 1 unspecified atom stereocenters. The Morgan fingerprint density at radius 2 is 2.07 bits per heavy atom. The van der Waals surface area contributed by atoms with Gasteiger partial charge in [0.15, 0.2) is 0 Å². The number of pyridine rings is 1. The molecule has 4 aliphatic rings. The minimum atomic E-state index is -0.405. The molecule has 2 aromatic rings. The Bertz CT molecular complexity index is 942.